The van der Waals surface area contributed by atoms with Crippen LogP contribution in [0.2, 0.25) is 0 Å². The van der Waals surface area contributed by atoms with Crippen molar-refractivity contribution in [1.29, 1.82) is 0 Å². The molecule has 0 saturated carbocycles. The van der Waals surface area contributed by atoms with E-state index in [4.69, 9.17) is 5.11 Å². The predicted octanol–water partition coefficient (Wildman–Crippen LogP) is 2.61. The van der Waals surface area contributed by atoms with E-state index in [0.29, 0.717) is 15.8 Å². The lowest BCUT2D eigenvalue weighted by atomic mass is 10.1. The van der Waals surface area contributed by atoms with Gasteiger partial charge in [0.2, 0.25) is 5.82 Å². The first-order valence-electron chi connectivity index (χ1n) is 7.17. The molecule has 1 N–H and O–H groups in total. The van der Waals surface area contributed by atoms with Gasteiger partial charge in [0.25, 0.3) is 5.56 Å². The fraction of sp³-hybridized carbons (Fsp3) is 0.188. The topological polar surface area (TPSA) is 68.0 Å². The average molecular weight is 353 g/mol. The van der Waals surface area contributed by atoms with Crippen molar-refractivity contribution < 1.29 is 22.7 Å². The second-order valence-corrected chi connectivity index (χ2v) is 5.18. The van der Waals surface area contributed by atoms with E-state index < -0.39 is 36.5 Å². The standard InChI is InChI=1S/C16H11F4N3O2/c17-10-3-1-9(2-4-10)11-5-6-12-13(21-11)14(25)23(7-8-24)15(22-12)16(18,19)20/h1-6,24H,7-8H2. The third-order valence-electron chi connectivity index (χ3n) is 3.52. The van der Waals surface area contributed by atoms with Crippen LogP contribution in [0.25, 0.3) is 22.3 Å². The van der Waals surface area contributed by atoms with Gasteiger partial charge in [-0.2, -0.15) is 13.2 Å². The molecule has 2 aromatic heterocycles. The van der Waals surface area contributed by atoms with Crippen molar-refractivity contribution in [3.63, 3.8) is 0 Å². The molecular weight excluding hydrogens is 342 g/mol. The second-order valence-electron chi connectivity index (χ2n) is 5.18. The Bertz CT molecular complexity index is 982. The number of aromatic nitrogens is 3. The Morgan fingerprint density at radius 1 is 1.04 bits per heavy atom. The lowest BCUT2D eigenvalue weighted by molar-refractivity contribution is -0.148. The minimum atomic E-state index is -4.85. The van der Waals surface area contributed by atoms with Gasteiger partial charge in [-0.25, -0.2) is 14.4 Å². The van der Waals surface area contributed by atoms with Crippen LogP contribution < -0.4 is 5.56 Å². The van der Waals surface area contributed by atoms with Gasteiger partial charge in [0.15, 0.2) is 5.52 Å². The Morgan fingerprint density at radius 2 is 1.72 bits per heavy atom. The Labute approximate surface area is 138 Å². The summed E-state index contributed by atoms with van der Waals surface area (Å²) in [5.74, 6) is -1.85. The van der Waals surface area contributed by atoms with Gasteiger partial charge >= 0.3 is 6.18 Å². The van der Waals surface area contributed by atoms with Gasteiger partial charge in [-0.1, -0.05) is 0 Å². The molecular formula is C16H11F4N3O2. The molecule has 0 bridgehead atoms. The Balaban J connectivity index is 2.25. The number of hydrogen-bond donors (Lipinski definition) is 1. The van der Waals surface area contributed by atoms with Crippen molar-refractivity contribution in [3.05, 3.63) is 58.4 Å². The smallest absolute Gasteiger partial charge is 0.395 e. The first-order chi connectivity index (χ1) is 11.8. The molecule has 0 radical (unpaired) electrons. The van der Waals surface area contributed by atoms with Gasteiger partial charge < -0.3 is 5.11 Å². The third-order valence-corrected chi connectivity index (χ3v) is 3.52. The van der Waals surface area contributed by atoms with E-state index in [0.717, 1.165) is 0 Å². The molecule has 1 aromatic carbocycles. The lowest BCUT2D eigenvalue weighted by Crippen LogP contribution is -2.31. The summed E-state index contributed by atoms with van der Waals surface area (Å²) in [6.45, 7) is -1.22. The maximum absolute atomic E-state index is 13.1. The van der Waals surface area contributed by atoms with Crippen molar-refractivity contribution in [2.45, 2.75) is 12.7 Å². The maximum Gasteiger partial charge on any atom is 0.449 e. The number of aliphatic hydroxyl groups excluding tert-OH is 1. The first kappa shape index (κ1) is 17.0. The quantitative estimate of drug-likeness (QED) is 0.735. The van der Waals surface area contributed by atoms with E-state index in [9.17, 15) is 22.4 Å². The number of hydrogen-bond acceptors (Lipinski definition) is 4. The molecule has 5 nitrogen and oxygen atoms in total. The summed E-state index contributed by atoms with van der Waals surface area (Å²) in [5.41, 5.74) is -0.686. The summed E-state index contributed by atoms with van der Waals surface area (Å²) in [4.78, 5) is 20.0. The lowest BCUT2D eigenvalue weighted by Gasteiger charge is -2.14. The number of fused-ring (bicyclic) bond motifs is 1. The number of rotatable bonds is 3. The minimum absolute atomic E-state index is 0.211. The van der Waals surface area contributed by atoms with Crippen LogP contribution in [0, 0.1) is 5.82 Å². The highest BCUT2D eigenvalue weighted by Crippen LogP contribution is 2.28. The van der Waals surface area contributed by atoms with Gasteiger partial charge in [0, 0.05) is 5.56 Å². The Morgan fingerprint density at radius 3 is 2.32 bits per heavy atom. The van der Waals surface area contributed by atoms with Crippen LogP contribution in [-0.4, -0.2) is 26.2 Å². The molecule has 9 heteroatoms. The average Bonchev–Trinajstić information content (AvgIpc) is 2.57. The molecule has 0 aliphatic rings. The zero-order chi connectivity index (χ0) is 18.2. The summed E-state index contributed by atoms with van der Waals surface area (Å²) < 4.78 is 52.7. The third kappa shape index (κ3) is 3.22. The SMILES string of the molecule is O=c1c2nc(-c3ccc(F)cc3)ccc2nc(C(F)(F)F)n1CCO. The van der Waals surface area contributed by atoms with Crippen molar-refractivity contribution in [1.82, 2.24) is 14.5 Å². The zero-order valence-corrected chi connectivity index (χ0v) is 12.6. The number of benzene rings is 1. The van der Waals surface area contributed by atoms with Crippen molar-refractivity contribution >= 4 is 11.0 Å². The normalized spacial score (nSPS) is 11.9. The van der Waals surface area contributed by atoms with Gasteiger partial charge in [-0.15, -0.1) is 0 Å². The summed E-state index contributed by atoms with van der Waals surface area (Å²) in [5, 5.41) is 8.95. The van der Waals surface area contributed by atoms with Crippen LogP contribution in [-0.2, 0) is 12.7 Å². The molecule has 25 heavy (non-hydrogen) atoms. The van der Waals surface area contributed by atoms with Gasteiger partial charge in [0.1, 0.15) is 5.82 Å². The van der Waals surface area contributed by atoms with Gasteiger partial charge in [0.05, 0.1) is 24.4 Å². The molecule has 130 valence electrons. The number of aliphatic hydroxyl groups is 1. The zero-order valence-electron chi connectivity index (χ0n) is 12.6. The van der Waals surface area contributed by atoms with Crippen molar-refractivity contribution in [2.24, 2.45) is 0 Å². The number of halogens is 4. The fourth-order valence-electron chi connectivity index (χ4n) is 2.40. The molecule has 3 rings (SSSR count). The highest BCUT2D eigenvalue weighted by atomic mass is 19.4. The highest BCUT2D eigenvalue weighted by molar-refractivity contribution is 5.77. The van der Waals surface area contributed by atoms with Crippen LogP contribution in [0.1, 0.15) is 5.82 Å². The summed E-state index contributed by atoms with van der Waals surface area (Å²) in [6.07, 6.45) is -4.85. The molecule has 0 atom stereocenters. The minimum Gasteiger partial charge on any atom is -0.395 e. The number of pyridine rings is 1. The van der Waals surface area contributed by atoms with E-state index in [2.05, 4.69) is 9.97 Å². The highest BCUT2D eigenvalue weighted by Gasteiger charge is 2.37. The Hall–Kier alpha value is -2.81. The summed E-state index contributed by atoms with van der Waals surface area (Å²) >= 11 is 0. The van der Waals surface area contributed by atoms with Crippen LogP contribution in [0.3, 0.4) is 0 Å². The first-order valence-corrected chi connectivity index (χ1v) is 7.17. The van der Waals surface area contributed by atoms with Crippen LogP contribution in [0.4, 0.5) is 17.6 Å². The fourth-order valence-corrected chi connectivity index (χ4v) is 2.40. The maximum atomic E-state index is 13.1. The molecule has 0 spiro atoms. The molecule has 0 unspecified atom stereocenters. The van der Waals surface area contributed by atoms with Crippen molar-refractivity contribution in [3.8, 4) is 11.3 Å². The van der Waals surface area contributed by atoms with Crippen LogP contribution in [0.5, 0.6) is 0 Å². The molecule has 0 aliphatic carbocycles. The molecule has 0 fully saturated rings. The largest absolute Gasteiger partial charge is 0.449 e. The number of alkyl halides is 3. The van der Waals surface area contributed by atoms with Crippen LogP contribution in [0.15, 0.2) is 41.2 Å². The van der Waals surface area contributed by atoms with E-state index in [1.165, 1.54) is 36.4 Å². The van der Waals surface area contributed by atoms with Crippen molar-refractivity contribution in [2.75, 3.05) is 6.61 Å². The molecule has 0 saturated heterocycles. The van der Waals surface area contributed by atoms with E-state index in [-0.39, 0.29) is 11.0 Å². The molecule has 0 aliphatic heterocycles. The van der Waals surface area contributed by atoms with Crippen LogP contribution >= 0.6 is 0 Å². The summed E-state index contributed by atoms with van der Waals surface area (Å²) in [6, 6.07) is 7.94. The summed E-state index contributed by atoms with van der Waals surface area (Å²) in [7, 11) is 0. The van der Waals surface area contributed by atoms with E-state index >= 15 is 0 Å². The van der Waals surface area contributed by atoms with E-state index in [1.54, 1.807) is 0 Å². The molecule has 3 aromatic rings. The monoisotopic (exact) mass is 353 g/mol. The van der Waals surface area contributed by atoms with E-state index in [1.807, 2.05) is 0 Å². The molecule has 0 amide bonds. The number of nitrogens with zero attached hydrogens (tertiary/aromatic N) is 3. The predicted molar refractivity (Wildman–Crippen MR) is 81.3 cm³/mol. The second kappa shape index (κ2) is 6.25. The van der Waals surface area contributed by atoms with Gasteiger partial charge in [-0.3, -0.25) is 9.36 Å². The molecule has 2 heterocycles. The Kier molecular flexibility index (Phi) is 4.25. The van der Waals surface area contributed by atoms with Gasteiger partial charge in [-0.05, 0) is 36.4 Å².